The SMILES string of the molecule is CC1CCC(NC(=O)N[C@@H](C)C(=O)[O-])CC1. The monoisotopic (exact) mass is 227 g/mol. The minimum absolute atomic E-state index is 0.171. The molecule has 0 aromatic rings. The molecule has 16 heavy (non-hydrogen) atoms. The number of carbonyl (C=O) groups excluding carboxylic acids is 2. The Kier molecular flexibility index (Phi) is 4.58. The van der Waals surface area contributed by atoms with Crippen molar-refractivity contribution >= 4 is 12.0 Å². The molecule has 2 amide bonds. The van der Waals surface area contributed by atoms with E-state index in [1.54, 1.807) is 0 Å². The average molecular weight is 227 g/mol. The summed E-state index contributed by atoms with van der Waals surface area (Å²) in [7, 11) is 0. The number of hydrogen-bond acceptors (Lipinski definition) is 3. The van der Waals surface area contributed by atoms with E-state index in [-0.39, 0.29) is 6.04 Å². The number of rotatable bonds is 3. The summed E-state index contributed by atoms with van der Waals surface area (Å²) in [6.45, 7) is 3.59. The molecule has 1 aliphatic rings. The van der Waals surface area contributed by atoms with Crippen molar-refractivity contribution in [2.45, 2.75) is 51.6 Å². The molecule has 0 unspecified atom stereocenters. The van der Waals surface area contributed by atoms with Gasteiger partial charge in [0.25, 0.3) is 0 Å². The van der Waals surface area contributed by atoms with Crippen molar-refractivity contribution in [2.24, 2.45) is 5.92 Å². The zero-order valence-electron chi connectivity index (χ0n) is 9.79. The Balaban J connectivity index is 2.26. The summed E-state index contributed by atoms with van der Waals surface area (Å²) >= 11 is 0. The van der Waals surface area contributed by atoms with Crippen molar-refractivity contribution in [2.75, 3.05) is 0 Å². The molecular formula is C11H19N2O3-. The smallest absolute Gasteiger partial charge is 0.315 e. The van der Waals surface area contributed by atoms with Crippen LogP contribution in [0.15, 0.2) is 0 Å². The third-order valence-corrected chi connectivity index (χ3v) is 3.05. The Morgan fingerprint density at radius 1 is 1.25 bits per heavy atom. The molecule has 5 heteroatoms. The van der Waals surface area contributed by atoms with Crippen molar-refractivity contribution in [1.29, 1.82) is 0 Å². The quantitative estimate of drug-likeness (QED) is 0.712. The van der Waals surface area contributed by atoms with Gasteiger partial charge < -0.3 is 20.5 Å². The predicted octanol–water partition coefficient (Wildman–Crippen LogP) is 0.00270. The molecule has 1 atom stereocenters. The minimum Gasteiger partial charge on any atom is -0.548 e. The molecule has 92 valence electrons. The van der Waals surface area contributed by atoms with E-state index in [0.29, 0.717) is 0 Å². The van der Waals surface area contributed by atoms with Gasteiger partial charge in [-0.15, -0.1) is 0 Å². The van der Waals surface area contributed by atoms with Crippen molar-refractivity contribution in [3.8, 4) is 0 Å². The second kappa shape index (κ2) is 5.72. The number of carboxylic acids is 1. The number of nitrogens with one attached hydrogen (secondary N) is 2. The van der Waals surface area contributed by atoms with Crippen LogP contribution in [0.2, 0.25) is 0 Å². The standard InChI is InChI=1S/C11H20N2O3/c1-7-3-5-9(6-4-7)13-11(16)12-8(2)10(14)15/h7-9H,3-6H2,1-2H3,(H,14,15)(H2,12,13,16)/p-1/t7?,8-,9?/m0/s1. The van der Waals surface area contributed by atoms with Gasteiger partial charge in [-0.1, -0.05) is 6.92 Å². The normalized spacial score (nSPS) is 26.9. The van der Waals surface area contributed by atoms with Crippen LogP contribution in [0.25, 0.3) is 0 Å². The fraction of sp³-hybridized carbons (Fsp3) is 0.818. The van der Waals surface area contributed by atoms with E-state index in [4.69, 9.17) is 0 Å². The maximum Gasteiger partial charge on any atom is 0.315 e. The predicted molar refractivity (Wildman–Crippen MR) is 57.6 cm³/mol. The van der Waals surface area contributed by atoms with E-state index in [1.807, 2.05) is 0 Å². The summed E-state index contributed by atoms with van der Waals surface area (Å²) in [4.78, 5) is 21.8. The van der Waals surface area contributed by atoms with Crippen LogP contribution < -0.4 is 15.7 Å². The Labute approximate surface area is 95.6 Å². The van der Waals surface area contributed by atoms with Crippen LogP contribution in [-0.2, 0) is 4.79 Å². The number of aliphatic carboxylic acids is 1. The maximum atomic E-state index is 11.4. The average Bonchev–Trinajstić information content (AvgIpc) is 2.21. The van der Waals surface area contributed by atoms with Crippen molar-refractivity contribution in [3.05, 3.63) is 0 Å². The number of carboxylic acid groups (broad SMARTS) is 1. The van der Waals surface area contributed by atoms with Crippen LogP contribution >= 0.6 is 0 Å². The maximum absolute atomic E-state index is 11.4. The highest BCUT2D eigenvalue weighted by atomic mass is 16.4. The second-order valence-corrected chi connectivity index (χ2v) is 4.62. The first kappa shape index (κ1) is 12.8. The Morgan fingerprint density at radius 2 is 1.81 bits per heavy atom. The van der Waals surface area contributed by atoms with Gasteiger partial charge in [-0.2, -0.15) is 0 Å². The summed E-state index contributed by atoms with van der Waals surface area (Å²) in [5, 5.41) is 15.5. The van der Waals surface area contributed by atoms with E-state index < -0.39 is 18.0 Å². The first-order valence-corrected chi connectivity index (χ1v) is 5.77. The third kappa shape index (κ3) is 4.08. The van der Waals surface area contributed by atoms with Gasteiger partial charge in [0.1, 0.15) is 0 Å². The largest absolute Gasteiger partial charge is 0.548 e. The molecule has 1 aliphatic carbocycles. The summed E-state index contributed by atoms with van der Waals surface area (Å²) in [6.07, 6.45) is 4.16. The summed E-state index contributed by atoms with van der Waals surface area (Å²) in [5.41, 5.74) is 0. The Hall–Kier alpha value is -1.26. The van der Waals surface area contributed by atoms with E-state index >= 15 is 0 Å². The van der Waals surface area contributed by atoms with Crippen molar-refractivity contribution in [1.82, 2.24) is 10.6 Å². The lowest BCUT2D eigenvalue weighted by Gasteiger charge is -2.27. The third-order valence-electron chi connectivity index (χ3n) is 3.05. The van der Waals surface area contributed by atoms with Gasteiger partial charge in [0.2, 0.25) is 0 Å². The molecule has 5 nitrogen and oxygen atoms in total. The molecule has 0 aliphatic heterocycles. The van der Waals surface area contributed by atoms with Gasteiger partial charge in [0.05, 0.1) is 12.0 Å². The zero-order valence-corrected chi connectivity index (χ0v) is 9.79. The lowest BCUT2D eigenvalue weighted by molar-refractivity contribution is -0.307. The van der Waals surface area contributed by atoms with Crippen LogP contribution in [0.4, 0.5) is 4.79 Å². The number of carbonyl (C=O) groups is 2. The summed E-state index contributed by atoms with van der Waals surface area (Å²) in [6, 6.07) is -1.20. The molecule has 1 saturated carbocycles. The van der Waals surface area contributed by atoms with Crippen LogP contribution in [0.3, 0.4) is 0 Å². The second-order valence-electron chi connectivity index (χ2n) is 4.62. The molecule has 1 fully saturated rings. The molecule has 0 aromatic heterocycles. The van der Waals surface area contributed by atoms with Crippen molar-refractivity contribution < 1.29 is 14.7 Å². The highest BCUT2D eigenvalue weighted by Crippen LogP contribution is 2.23. The molecule has 0 spiro atoms. The molecule has 0 aromatic carbocycles. The van der Waals surface area contributed by atoms with Gasteiger partial charge >= 0.3 is 6.03 Å². The van der Waals surface area contributed by atoms with E-state index in [1.165, 1.54) is 6.92 Å². The van der Waals surface area contributed by atoms with Crippen LogP contribution in [-0.4, -0.2) is 24.1 Å². The highest BCUT2D eigenvalue weighted by molar-refractivity contribution is 5.81. The highest BCUT2D eigenvalue weighted by Gasteiger charge is 2.20. The summed E-state index contributed by atoms with van der Waals surface area (Å²) in [5.74, 6) is -0.546. The van der Waals surface area contributed by atoms with Gasteiger partial charge in [-0.05, 0) is 38.5 Å². The number of amides is 2. The van der Waals surface area contributed by atoms with E-state index in [9.17, 15) is 14.7 Å². The first-order valence-electron chi connectivity index (χ1n) is 5.77. The van der Waals surface area contributed by atoms with Crippen molar-refractivity contribution in [3.63, 3.8) is 0 Å². The van der Waals surface area contributed by atoms with Gasteiger partial charge in [-0.25, -0.2) is 4.79 Å². The number of urea groups is 1. The first-order chi connectivity index (χ1) is 7.49. The molecular weight excluding hydrogens is 208 g/mol. The minimum atomic E-state index is -1.27. The molecule has 1 rings (SSSR count). The fourth-order valence-corrected chi connectivity index (χ4v) is 1.89. The molecule has 0 bridgehead atoms. The Bertz CT molecular complexity index is 260. The zero-order chi connectivity index (χ0) is 12.1. The van der Waals surface area contributed by atoms with Gasteiger partial charge in [0.15, 0.2) is 0 Å². The fourth-order valence-electron chi connectivity index (χ4n) is 1.89. The van der Waals surface area contributed by atoms with Crippen LogP contribution in [0.5, 0.6) is 0 Å². The van der Waals surface area contributed by atoms with E-state index in [2.05, 4.69) is 17.6 Å². The molecule has 0 radical (unpaired) electrons. The Morgan fingerprint density at radius 3 is 2.31 bits per heavy atom. The molecule has 0 saturated heterocycles. The van der Waals surface area contributed by atoms with E-state index in [0.717, 1.165) is 31.6 Å². The van der Waals surface area contributed by atoms with Crippen LogP contribution in [0, 0.1) is 5.92 Å². The molecule has 0 heterocycles. The van der Waals surface area contributed by atoms with Crippen LogP contribution in [0.1, 0.15) is 39.5 Å². The topological polar surface area (TPSA) is 81.3 Å². The van der Waals surface area contributed by atoms with Gasteiger partial charge in [0, 0.05) is 6.04 Å². The number of hydrogen-bond donors (Lipinski definition) is 2. The summed E-state index contributed by atoms with van der Waals surface area (Å²) < 4.78 is 0. The lowest BCUT2D eigenvalue weighted by Crippen LogP contribution is -2.51. The van der Waals surface area contributed by atoms with Gasteiger partial charge in [-0.3, -0.25) is 0 Å². The lowest BCUT2D eigenvalue weighted by atomic mass is 9.87. The molecule has 2 N–H and O–H groups in total.